The number of benzene rings is 1. The zero-order valence-electron chi connectivity index (χ0n) is 13.1. The molecular formula is C18H28O2. The number of hydrogen-bond acceptors (Lipinski definition) is 2. The van der Waals surface area contributed by atoms with E-state index in [1.807, 2.05) is 12.1 Å². The van der Waals surface area contributed by atoms with E-state index in [-0.39, 0.29) is 5.60 Å². The molecule has 0 amide bonds. The number of rotatable bonds is 10. The molecule has 0 radical (unpaired) electrons. The molecule has 2 heteroatoms. The van der Waals surface area contributed by atoms with E-state index >= 15 is 0 Å². The number of ether oxygens (including phenoxy) is 2. The lowest BCUT2D eigenvalue weighted by Crippen LogP contribution is -2.36. The molecule has 0 aliphatic rings. The lowest BCUT2D eigenvalue weighted by molar-refractivity contribution is -0.161. The predicted molar refractivity (Wildman–Crippen MR) is 84.6 cm³/mol. The Balaban J connectivity index is 2.92. The van der Waals surface area contributed by atoms with E-state index in [0.717, 1.165) is 25.7 Å². The van der Waals surface area contributed by atoms with Gasteiger partial charge in [-0.3, -0.25) is 0 Å². The van der Waals surface area contributed by atoms with Crippen molar-refractivity contribution in [3.05, 3.63) is 48.6 Å². The van der Waals surface area contributed by atoms with Crippen molar-refractivity contribution < 1.29 is 9.47 Å². The van der Waals surface area contributed by atoms with Gasteiger partial charge in [-0.05, 0) is 37.2 Å². The molecule has 0 saturated heterocycles. The summed E-state index contributed by atoms with van der Waals surface area (Å²) in [6, 6.07) is 10.5. The lowest BCUT2D eigenvalue weighted by atomic mass is 9.79. The molecule has 2 nitrogen and oxygen atoms in total. The highest BCUT2D eigenvalue weighted by molar-refractivity contribution is 5.23. The van der Waals surface area contributed by atoms with Crippen molar-refractivity contribution in [1.82, 2.24) is 0 Å². The van der Waals surface area contributed by atoms with Crippen LogP contribution in [0.4, 0.5) is 0 Å². The SMILES string of the molecule is C=CCCCCC(OCOC)(c1ccccc1)C(C)C. The molecule has 1 aromatic rings. The van der Waals surface area contributed by atoms with Crippen LogP contribution in [0.15, 0.2) is 43.0 Å². The lowest BCUT2D eigenvalue weighted by Gasteiger charge is -2.38. The average molecular weight is 276 g/mol. The highest BCUT2D eigenvalue weighted by Crippen LogP contribution is 2.38. The molecule has 0 aliphatic heterocycles. The molecule has 0 aromatic heterocycles. The molecule has 1 rings (SSSR count). The molecule has 0 aliphatic carbocycles. The zero-order chi connectivity index (χ0) is 14.8. The van der Waals surface area contributed by atoms with E-state index in [1.165, 1.54) is 5.56 Å². The summed E-state index contributed by atoms with van der Waals surface area (Å²) in [5, 5.41) is 0. The molecule has 0 N–H and O–H groups in total. The molecule has 0 spiro atoms. The summed E-state index contributed by atoms with van der Waals surface area (Å²) >= 11 is 0. The maximum atomic E-state index is 6.16. The summed E-state index contributed by atoms with van der Waals surface area (Å²) in [5.41, 5.74) is 0.976. The fraction of sp³-hybridized carbons (Fsp3) is 0.556. The van der Waals surface area contributed by atoms with Crippen LogP contribution in [0.1, 0.15) is 45.1 Å². The third kappa shape index (κ3) is 4.46. The Labute approximate surface area is 123 Å². The fourth-order valence-electron chi connectivity index (χ4n) is 2.65. The summed E-state index contributed by atoms with van der Waals surface area (Å²) in [6.45, 7) is 8.55. The third-order valence-corrected chi connectivity index (χ3v) is 3.84. The van der Waals surface area contributed by atoms with Crippen molar-refractivity contribution in [2.24, 2.45) is 5.92 Å². The average Bonchev–Trinajstić information content (AvgIpc) is 2.47. The van der Waals surface area contributed by atoms with Crippen LogP contribution in [0.5, 0.6) is 0 Å². The van der Waals surface area contributed by atoms with Gasteiger partial charge in [0.1, 0.15) is 6.79 Å². The second-order valence-corrected chi connectivity index (χ2v) is 5.50. The van der Waals surface area contributed by atoms with Crippen molar-refractivity contribution in [2.75, 3.05) is 13.9 Å². The summed E-state index contributed by atoms with van der Waals surface area (Å²) in [4.78, 5) is 0. The molecule has 1 aromatic carbocycles. The Morgan fingerprint density at radius 2 is 1.90 bits per heavy atom. The van der Waals surface area contributed by atoms with Gasteiger partial charge < -0.3 is 9.47 Å². The van der Waals surface area contributed by atoms with Crippen LogP contribution < -0.4 is 0 Å². The number of allylic oxidation sites excluding steroid dienone is 1. The molecule has 20 heavy (non-hydrogen) atoms. The second kappa shape index (κ2) is 8.93. The van der Waals surface area contributed by atoms with Gasteiger partial charge in [-0.25, -0.2) is 0 Å². The van der Waals surface area contributed by atoms with Crippen LogP contribution in [0, 0.1) is 5.92 Å². The van der Waals surface area contributed by atoms with Crippen LogP contribution in [-0.4, -0.2) is 13.9 Å². The fourth-order valence-corrected chi connectivity index (χ4v) is 2.65. The van der Waals surface area contributed by atoms with Gasteiger partial charge in [-0.1, -0.05) is 50.3 Å². The van der Waals surface area contributed by atoms with E-state index in [1.54, 1.807) is 7.11 Å². The van der Waals surface area contributed by atoms with Crippen LogP contribution in [0.2, 0.25) is 0 Å². The largest absolute Gasteiger partial charge is 0.359 e. The van der Waals surface area contributed by atoms with Crippen molar-refractivity contribution in [1.29, 1.82) is 0 Å². The highest BCUT2D eigenvalue weighted by Gasteiger charge is 2.36. The maximum absolute atomic E-state index is 6.16. The first-order valence-electron chi connectivity index (χ1n) is 7.46. The van der Waals surface area contributed by atoms with Gasteiger partial charge >= 0.3 is 0 Å². The monoisotopic (exact) mass is 276 g/mol. The molecule has 1 atom stereocenters. The van der Waals surface area contributed by atoms with Gasteiger partial charge in [0, 0.05) is 7.11 Å². The topological polar surface area (TPSA) is 18.5 Å². The van der Waals surface area contributed by atoms with Crippen molar-refractivity contribution in [2.45, 2.75) is 45.1 Å². The first kappa shape index (κ1) is 16.9. The van der Waals surface area contributed by atoms with Crippen LogP contribution in [0.3, 0.4) is 0 Å². The molecule has 0 bridgehead atoms. The minimum atomic E-state index is -0.265. The zero-order valence-corrected chi connectivity index (χ0v) is 13.1. The Kier molecular flexibility index (Phi) is 7.56. The van der Waals surface area contributed by atoms with Gasteiger partial charge in [0.05, 0.1) is 5.60 Å². The second-order valence-electron chi connectivity index (χ2n) is 5.50. The molecule has 0 fully saturated rings. The normalized spacial score (nSPS) is 14.2. The minimum Gasteiger partial charge on any atom is -0.359 e. The Bertz CT molecular complexity index is 372. The summed E-state index contributed by atoms with van der Waals surface area (Å²) < 4.78 is 11.3. The molecule has 0 heterocycles. The van der Waals surface area contributed by atoms with Crippen LogP contribution in [0.25, 0.3) is 0 Å². The first-order valence-corrected chi connectivity index (χ1v) is 7.46. The quantitative estimate of drug-likeness (QED) is 0.343. The van der Waals surface area contributed by atoms with Gasteiger partial charge in [-0.15, -0.1) is 6.58 Å². The highest BCUT2D eigenvalue weighted by atomic mass is 16.7. The third-order valence-electron chi connectivity index (χ3n) is 3.84. The van der Waals surface area contributed by atoms with Gasteiger partial charge in [0.2, 0.25) is 0 Å². The number of methoxy groups -OCH3 is 1. The smallest absolute Gasteiger partial charge is 0.147 e. The van der Waals surface area contributed by atoms with Crippen molar-refractivity contribution in [3.8, 4) is 0 Å². The molecular weight excluding hydrogens is 248 g/mol. The summed E-state index contributed by atoms with van der Waals surface area (Å²) in [6.07, 6.45) is 6.33. The van der Waals surface area contributed by atoms with E-state index in [2.05, 4.69) is 44.7 Å². The van der Waals surface area contributed by atoms with E-state index in [0.29, 0.717) is 12.7 Å². The molecule has 0 saturated carbocycles. The van der Waals surface area contributed by atoms with Crippen molar-refractivity contribution in [3.63, 3.8) is 0 Å². The van der Waals surface area contributed by atoms with Crippen LogP contribution in [-0.2, 0) is 15.1 Å². The van der Waals surface area contributed by atoms with Crippen molar-refractivity contribution >= 4 is 0 Å². The Morgan fingerprint density at radius 3 is 2.45 bits per heavy atom. The molecule has 1 unspecified atom stereocenters. The summed E-state index contributed by atoms with van der Waals surface area (Å²) in [5.74, 6) is 0.392. The van der Waals surface area contributed by atoms with E-state index in [9.17, 15) is 0 Å². The Hall–Kier alpha value is -1.12. The number of unbranched alkanes of at least 4 members (excludes halogenated alkanes) is 2. The van der Waals surface area contributed by atoms with E-state index < -0.39 is 0 Å². The molecule has 112 valence electrons. The minimum absolute atomic E-state index is 0.265. The maximum Gasteiger partial charge on any atom is 0.147 e. The van der Waals surface area contributed by atoms with E-state index in [4.69, 9.17) is 9.47 Å². The Morgan fingerprint density at radius 1 is 1.20 bits per heavy atom. The first-order chi connectivity index (χ1) is 9.67. The van der Waals surface area contributed by atoms with Gasteiger partial charge in [0.15, 0.2) is 0 Å². The standard InChI is InChI=1S/C18H28O2/c1-5-6-7-11-14-18(16(2)3,20-15-19-4)17-12-9-8-10-13-17/h5,8-10,12-13,16H,1,6-7,11,14-15H2,2-4H3. The van der Waals surface area contributed by atoms with Gasteiger partial charge in [0.25, 0.3) is 0 Å². The summed E-state index contributed by atoms with van der Waals surface area (Å²) in [7, 11) is 1.67. The van der Waals surface area contributed by atoms with Crippen LogP contribution >= 0.6 is 0 Å². The predicted octanol–water partition coefficient (Wildman–Crippen LogP) is 4.90. The van der Waals surface area contributed by atoms with Gasteiger partial charge in [-0.2, -0.15) is 0 Å². The number of hydrogen-bond donors (Lipinski definition) is 0.